The van der Waals surface area contributed by atoms with Crippen LogP contribution in [0.1, 0.15) is 62.0 Å². The molecule has 0 saturated heterocycles. The fraction of sp³-hybridized carbons (Fsp3) is 0.600. The van der Waals surface area contributed by atoms with Crippen molar-refractivity contribution in [3.63, 3.8) is 0 Å². The van der Waals surface area contributed by atoms with Crippen molar-refractivity contribution >= 4 is 23.2 Å². The van der Waals surface area contributed by atoms with Crippen molar-refractivity contribution in [1.29, 1.82) is 0 Å². The number of rotatable bonds is 18. The van der Waals surface area contributed by atoms with Gasteiger partial charge in [0.2, 0.25) is 11.8 Å². The first-order valence-electron chi connectivity index (χ1n) is 13.7. The van der Waals surface area contributed by atoms with Crippen LogP contribution in [0.3, 0.4) is 0 Å². The Morgan fingerprint density at radius 2 is 1.74 bits per heavy atom. The van der Waals surface area contributed by atoms with E-state index in [2.05, 4.69) is 32.2 Å². The van der Waals surface area contributed by atoms with Crippen LogP contribution < -0.4 is 9.47 Å². The number of carbonyl (C=O) groups excluding carboxylic acids is 2. The van der Waals surface area contributed by atoms with Crippen molar-refractivity contribution in [3.05, 3.63) is 45.6 Å². The molecule has 1 atom stereocenters. The van der Waals surface area contributed by atoms with E-state index in [0.717, 1.165) is 36.1 Å². The predicted octanol–water partition coefficient (Wildman–Crippen LogP) is 5.73. The summed E-state index contributed by atoms with van der Waals surface area (Å²) in [6.07, 6.45) is 5.08. The molecule has 1 unspecified atom stereocenters. The summed E-state index contributed by atoms with van der Waals surface area (Å²) in [4.78, 5) is 32.1. The number of amides is 2. The third kappa shape index (κ3) is 9.62. The predicted molar refractivity (Wildman–Crippen MR) is 154 cm³/mol. The van der Waals surface area contributed by atoms with Gasteiger partial charge in [-0.05, 0) is 67.3 Å². The van der Waals surface area contributed by atoms with Gasteiger partial charge in [-0.3, -0.25) is 9.59 Å². The molecule has 0 fully saturated rings. The summed E-state index contributed by atoms with van der Waals surface area (Å²) in [5.41, 5.74) is 2.24. The highest BCUT2D eigenvalue weighted by Crippen LogP contribution is 2.28. The molecule has 38 heavy (non-hydrogen) atoms. The van der Waals surface area contributed by atoms with E-state index >= 15 is 0 Å². The molecule has 0 aliphatic rings. The largest absolute Gasteiger partial charge is 0.493 e. The number of thiophene rings is 1. The molecule has 0 N–H and O–H groups in total. The van der Waals surface area contributed by atoms with Crippen LogP contribution in [0.15, 0.2) is 29.6 Å². The molecule has 1 aromatic heterocycles. The first-order chi connectivity index (χ1) is 18.4. The summed E-state index contributed by atoms with van der Waals surface area (Å²) in [6, 6.07) is 7.93. The number of aryl methyl sites for hydroxylation is 1. The van der Waals surface area contributed by atoms with Gasteiger partial charge in [0.1, 0.15) is 0 Å². The number of nitrogens with zero attached hydrogens (tertiary/aromatic N) is 2. The average Bonchev–Trinajstić information content (AvgIpc) is 3.34. The van der Waals surface area contributed by atoms with E-state index < -0.39 is 0 Å². The maximum absolute atomic E-state index is 13.8. The van der Waals surface area contributed by atoms with Crippen LogP contribution in [0.25, 0.3) is 0 Å². The summed E-state index contributed by atoms with van der Waals surface area (Å²) in [5.74, 6) is 1.35. The quantitative estimate of drug-likeness (QED) is 0.224. The van der Waals surface area contributed by atoms with Crippen molar-refractivity contribution < 1.29 is 23.8 Å². The van der Waals surface area contributed by atoms with Gasteiger partial charge in [-0.1, -0.05) is 32.8 Å². The van der Waals surface area contributed by atoms with Gasteiger partial charge < -0.3 is 24.0 Å². The van der Waals surface area contributed by atoms with Crippen LogP contribution >= 0.6 is 11.3 Å². The van der Waals surface area contributed by atoms with E-state index in [1.54, 1.807) is 37.6 Å². The first-order valence-corrected chi connectivity index (χ1v) is 14.6. The van der Waals surface area contributed by atoms with Crippen LogP contribution in [0.4, 0.5) is 0 Å². The van der Waals surface area contributed by atoms with Crippen molar-refractivity contribution in [3.8, 4) is 11.5 Å². The van der Waals surface area contributed by atoms with Gasteiger partial charge >= 0.3 is 0 Å². The Kier molecular flexibility index (Phi) is 14.2. The third-order valence-electron chi connectivity index (χ3n) is 6.94. The number of hydrogen-bond acceptors (Lipinski definition) is 6. The highest BCUT2D eigenvalue weighted by molar-refractivity contribution is 7.10. The van der Waals surface area contributed by atoms with Crippen molar-refractivity contribution in [1.82, 2.24) is 9.80 Å². The molecule has 1 heterocycles. The lowest BCUT2D eigenvalue weighted by Crippen LogP contribution is -2.45. The zero-order valence-corrected chi connectivity index (χ0v) is 24.9. The Bertz CT molecular complexity index is 993. The summed E-state index contributed by atoms with van der Waals surface area (Å²) < 4.78 is 16.1. The molecule has 0 bridgehead atoms. The zero-order chi connectivity index (χ0) is 27.9. The third-order valence-corrected chi connectivity index (χ3v) is 7.94. The molecule has 7 nitrogen and oxygen atoms in total. The van der Waals surface area contributed by atoms with Gasteiger partial charge in [0.05, 0.1) is 27.3 Å². The van der Waals surface area contributed by atoms with Gasteiger partial charge in [0.15, 0.2) is 11.5 Å². The van der Waals surface area contributed by atoms with Gasteiger partial charge in [-0.25, -0.2) is 0 Å². The molecule has 0 aliphatic heterocycles. The SMILES string of the molecule is CCCCC(CC)C(=O)N(CCCOC)CC(=O)N(CCc1ccc(OC)c(OC)c1)Cc1sccc1C. The smallest absolute Gasteiger partial charge is 0.242 e. The summed E-state index contributed by atoms with van der Waals surface area (Å²) in [7, 11) is 4.90. The summed E-state index contributed by atoms with van der Waals surface area (Å²) >= 11 is 1.66. The Labute approximate surface area is 233 Å². The van der Waals surface area contributed by atoms with Crippen molar-refractivity contribution in [2.24, 2.45) is 5.92 Å². The van der Waals surface area contributed by atoms with Gasteiger partial charge in [-0.15, -0.1) is 11.3 Å². The molecule has 1 aromatic carbocycles. The normalized spacial score (nSPS) is 11.7. The monoisotopic (exact) mass is 546 g/mol. The van der Waals surface area contributed by atoms with E-state index in [-0.39, 0.29) is 24.3 Å². The van der Waals surface area contributed by atoms with E-state index in [1.807, 2.05) is 23.1 Å². The molecular weight excluding hydrogens is 500 g/mol. The number of unbranched alkanes of at least 4 members (excludes halogenated alkanes) is 1. The minimum Gasteiger partial charge on any atom is -0.493 e. The van der Waals surface area contributed by atoms with Gasteiger partial charge in [0.25, 0.3) is 0 Å². The number of benzene rings is 1. The topological polar surface area (TPSA) is 68.3 Å². The molecule has 0 spiro atoms. The zero-order valence-electron chi connectivity index (χ0n) is 24.1. The first kappa shape index (κ1) is 31.6. The minimum absolute atomic E-state index is 0.0330. The molecule has 2 aromatic rings. The average molecular weight is 547 g/mol. The van der Waals surface area contributed by atoms with E-state index in [4.69, 9.17) is 14.2 Å². The van der Waals surface area contributed by atoms with Crippen LogP contribution in [-0.4, -0.2) is 69.2 Å². The van der Waals surface area contributed by atoms with Gasteiger partial charge in [0, 0.05) is 37.6 Å². The molecule has 2 rings (SSSR count). The lowest BCUT2D eigenvalue weighted by molar-refractivity contribution is -0.143. The molecule has 212 valence electrons. The lowest BCUT2D eigenvalue weighted by Gasteiger charge is -2.30. The molecule has 2 amide bonds. The Morgan fingerprint density at radius 3 is 2.34 bits per heavy atom. The maximum atomic E-state index is 13.8. The summed E-state index contributed by atoms with van der Waals surface area (Å²) in [5, 5.41) is 2.06. The van der Waals surface area contributed by atoms with E-state index in [1.165, 1.54) is 5.56 Å². The maximum Gasteiger partial charge on any atom is 0.242 e. The molecular formula is C30H46N2O5S. The fourth-order valence-corrected chi connectivity index (χ4v) is 5.39. The number of hydrogen-bond donors (Lipinski definition) is 0. The number of ether oxygens (including phenoxy) is 3. The second kappa shape index (κ2) is 17.1. The highest BCUT2D eigenvalue weighted by Gasteiger charge is 2.26. The highest BCUT2D eigenvalue weighted by atomic mass is 32.1. The number of carbonyl (C=O) groups is 2. The Morgan fingerprint density at radius 1 is 0.974 bits per heavy atom. The van der Waals surface area contributed by atoms with E-state index in [9.17, 15) is 9.59 Å². The van der Waals surface area contributed by atoms with E-state index in [0.29, 0.717) is 50.6 Å². The number of methoxy groups -OCH3 is 3. The van der Waals surface area contributed by atoms with Crippen LogP contribution in [0, 0.1) is 12.8 Å². The minimum atomic E-state index is -0.0509. The molecule has 8 heteroatoms. The fourth-order valence-electron chi connectivity index (χ4n) is 4.47. The second-order valence-electron chi connectivity index (χ2n) is 9.63. The Hall–Kier alpha value is -2.58. The lowest BCUT2D eigenvalue weighted by atomic mass is 9.97. The van der Waals surface area contributed by atoms with Crippen molar-refractivity contribution in [2.75, 3.05) is 47.6 Å². The second-order valence-corrected chi connectivity index (χ2v) is 10.6. The summed E-state index contributed by atoms with van der Waals surface area (Å²) in [6.45, 7) is 8.50. The van der Waals surface area contributed by atoms with Crippen molar-refractivity contribution in [2.45, 2.75) is 65.8 Å². The molecule has 0 aliphatic carbocycles. The van der Waals surface area contributed by atoms with Crippen LogP contribution in [0.5, 0.6) is 11.5 Å². The molecule has 0 saturated carbocycles. The van der Waals surface area contributed by atoms with Gasteiger partial charge in [-0.2, -0.15) is 0 Å². The molecule has 0 radical (unpaired) electrons. The van der Waals surface area contributed by atoms with Crippen LogP contribution in [0.2, 0.25) is 0 Å². The Balaban J connectivity index is 2.23. The standard InChI is InChI=1S/C30H46N2O5S/c1-7-9-11-25(8-2)30(34)32(16-10-18-35-4)22-29(33)31(21-28-23(3)15-19-38-28)17-14-24-12-13-26(36-5)27(20-24)37-6/h12-13,15,19-20,25H,7-11,14,16-18,21-22H2,1-6H3. The van der Waals surface area contributed by atoms with Crippen LogP contribution in [-0.2, 0) is 27.3 Å².